The molecule has 1 aliphatic rings. The molecule has 0 radical (unpaired) electrons. The maximum atomic E-state index is 12.6. The van der Waals surface area contributed by atoms with Crippen LogP contribution in [-0.4, -0.2) is 151 Å². The smallest absolute Gasteiger partial charge is 0.480 e. The maximum absolute atomic E-state index is 12.6. The van der Waals surface area contributed by atoms with Crippen molar-refractivity contribution in [3.05, 3.63) is 12.7 Å². The summed E-state index contributed by atoms with van der Waals surface area (Å²) in [6, 6.07) is -1.16. The van der Waals surface area contributed by atoms with E-state index in [4.69, 9.17) is 35.5 Å². The minimum atomic E-state index is -5.56. The summed E-state index contributed by atoms with van der Waals surface area (Å²) in [6.45, 7) is 3.23. The molecule has 2 aromatic rings. The molecule has 0 spiro atoms. The number of nitrogen functional groups attached to an aromatic ring is 1. The number of carbonyl (C=O) groups excluding carboxylic acids is 3. The van der Waals surface area contributed by atoms with Crippen molar-refractivity contribution in [3.8, 4) is 0 Å². The SMILES string of the molecule is CC(=O)SCCNC(=O)CCNC(=O)C(O)C(C)(C)COP(=O)(O)OP(=O)(O)OC[C@H]1O[C@@H](n2cnc3c(N)ncnc32)[C@H](O)[C@@H]1OP(=O)(O)O.CC(O)C(N)C(=O)O. The lowest BCUT2D eigenvalue weighted by Crippen LogP contribution is -2.46. The number of rotatable bonds is 21. The number of fused-ring (bicyclic) bond motifs is 1. The van der Waals surface area contributed by atoms with Gasteiger partial charge in [0.05, 0.1) is 25.6 Å². The normalized spacial score (nSPS) is 21.9. The number of aromatic nitrogens is 4. The number of nitrogens with two attached hydrogens (primary N) is 2. The zero-order chi connectivity index (χ0) is 45.1. The van der Waals surface area contributed by atoms with Crippen molar-refractivity contribution in [3.63, 3.8) is 0 Å². The molecule has 14 N–H and O–H groups in total. The van der Waals surface area contributed by atoms with Crippen LogP contribution in [0.25, 0.3) is 11.2 Å². The summed E-state index contributed by atoms with van der Waals surface area (Å²) >= 11 is 1.03. The van der Waals surface area contributed by atoms with Crippen molar-refractivity contribution in [1.82, 2.24) is 30.2 Å². The average molecular weight is 929 g/mol. The fourth-order valence-electron chi connectivity index (χ4n) is 4.53. The molecule has 3 heterocycles. The minimum absolute atomic E-state index is 0.0310. The van der Waals surface area contributed by atoms with E-state index in [2.05, 4.69) is 34.4 Å². The second-order valence-corrected chi connectivity index (χ2v) is 18.5. The highest BCUT2D eigenvalue weighted by Gasteiger charge is 2.50. The molecule has 2 aromatic heterocycles. The molecule has 0 bridgehead atoms. The molecule has 0 aromatic carbocycles. The molecule has 59 heavy (non-hydrogen) atoms. The van der Waals surface area contributed by atoms with Gasteiger partial charge in [-0.05, 0) is 6.92 Å². The molecular formula is C27H47N8O20P3S. The Hall–Kier alpha value is -3.05. The summed E-state index contributed by atoms with van der Waals surface area (Å²) in [4.78, 5) is 95.8. The van der Waals surface area contributed by atoms with Gasteiger partial charge in [0, 0.05) is 37.6 Å². The molecule has 1 saturated heterocycles. The number of carbonyl (C=O) groups is 4. The van der Waals surface area contributed by atoms with Gasteiger partial charge in [-0.3, -0.25) is 37.3 Å². The number of anilines is 1. The lowest BCUT2D eigenvalue weighted by molar-refractivity contribution is -0.141. The van der Waals surface area contributed by atoms with E-state index >= 15 is 0 Å². The maximum Gasteiger partial charge on any atom is 0.481 e. The fourth-order valence-corrected chi connectivity index (χ4v) is 7.85. The van der Waals surface area contributed by atoms with E-state index in [1.165, 1.54) is 27.7 Å². The molecule has 1 aliphatic heterocycles. The first-order chi connectivity index (χ1) is 27.1. The first kappa shape index (κ1) is 52.1. The Bertz CT molecular complexity index is 1920. The number of aliphatic hydroxyl groups is 3. The van der Waals surface area contributed by atoms with Crippen molar-refractivity contribution in [1.29, 1.82) is 0 Å². The van der Waals surface area contributed by atoms with Crippen molar-refractivity contribution in [2.75, 3.05) is 37.8 Å². The number of imidazole rings is 1. The molecule has 336 valence electrons. The Morgan fingerprint density at radius 1 is 1.03 bits per heavy atom. The fraction of sp³-hybridized carbons (Fsp3) is 0.667. The number of nitrogens with zero attached hydrogens (tertiary/aromatic N) is 4. The van der Waals surface area contributed by atoms with E-state index in [9.17, 15) is 62.7 Å². The number of carboxylic acid groups (broad SMARTS) is 1. The van der Waals surface area contributed by atoms with Gasteiger partial charge in [0.2, 0.25) is 11.8 Å². The third-order valence-corrected chi connectivity index (χ3v) is 11.5. The van der Waals surface area contributed by atoms with Gasteiger partial charge < -0.3 is 66.8 Å². The Morgan fingerprint density at radius 3 is 2.22 bits per heavy atom. The largest absolute Gasteiger partial charge is 0.481 e. The van der Waals surface area contributed by atoms with E-state index in [1.54, 1.807) is 0 Å². The van der Waals surface area contributed by atoms with Crippen LogP contribution in [0, 0.1) is 5.41 Å². The predicted molar refractivity (Wildman–Crippen MR) is 200 cm³/mol. The standard InChI is InChI=1S/C23H38N7O17P3S.C4H9NO3/c1-12(31)51-7-6-25-14(32)4-5-26-21(35)18(34)23(2,3)9-44-50(41,42)47-49(39,40)43-8-13-17(46-48(36,37)38)16(33)22(45-13)30-11-29-15-19(24)27-10-28-20(15)30;1-2(6)3(5)4(7)8/h10-11,13,16-18,22,33-34H,4-9H2,1-3H3,(H,25,32)(H,26,35)(H,39,40)(H,41,42)(H2,24,27,28)(H2,36,37,38);2-3,6H,5H2,1H3,(H,7,8)/t13-,16-,17-,18?,22-;/m1./s1. The van der Waals surface area contributed by atoms with Crippen molar-refractivity contribution in [2.24, 2.45) is 11.1 Å². The third-order valence-electron chi connectivity index (χ3n) is 7.61. The van der Waals surface area contributed by atoms with Crippen LogP contribution in [0.2, 0.25) is 0 Å². The first-order valence-corrected chi connectivity index (χ1v) is 22.3. The minimum Gasteiger partial charge on any atom is -0.480 e. The van der Waals surface area contributed by atoms with E-state index in [0.29, 0.717) is 5.75 Å². The number of nitrogens with one attached hydrogen (secondary N) is 2. The van der Waals surface area contributed by atoms with E-state index in [-0.39, 0.29) is 41.6 Å². The Morgan fingerprint density at radius 2 is 1.66 bits per heavy atom. The van der Waals surface area contributed by atoms with Gasteiger partial charge in [-0.2, -0.15) is 4.31 Å². The number of amides is 2. The number of carboxylic acids is 1. The number of ether oxygens (including phenoxy) is 1. The van der Waals surface area contributed by atoms with E-state index in [1.807, 2.05) is 0 Å². The van der Waals surface area contributed by atoms with Gasteiger partial charge in [-0.15, -0.1) is 0 Å². The highest BCUT2D eigenvalue weighted by Crippen LogP contribution is 2.61. The molecule has 28 nitrogen and oxygen atoms in total. The summed E-state index contributed by atoms with van der Waals surface area (Å²) in [7, 11) is -16.4. The Labute approximate surface area is 338 Å². The number of phosphoric acid groups is 3. The lowest BCUT2D eigenvalue weighted by Gasteiger charge is -2.30. The Balaban J connectivity index is 0.00000135. The zero-order valence-corrected chi connectivity index (χ0v) is 35.1. The number of phosphoric ester groups is 3. The molecule has 9 atom stereocenters. The van der Waals surface area contributed by atoms with Crippen LogP contribution in [0.5, 0.6) is 0 Å². The molecule has 32 heteroatoms. The van der Waals surface area contributed by atoms with Gasteiger partial charge in [-0.25, -0.2) is 28.6 Å². The first-order valence-electron chi connectivity index (χ1n) is 16.8. The average Bonchev–Trinajstić information content (AvgIpc) is 3.67. The van der Waals surface area contributed by atoms with Crippen molar-refractivity contribution >= 4 is 75.1 Å². The van der Waals surface area contributed by atoms with Crippen LogP contribution in [0.15, 0.2) is 12.7 Å². The van der Waals surface area contributed by atoms with Crippen LogP contribution in [0.3, 0.4) is 0 Å². The van der Waals surface area contributed by atoms with Crippen LogP contribution >= 0.6 is 35.2 Å². The summed E-state index contributed by atoms with van der Waals surface area (Å²) in [5, 5.41) is 42.6. The number of hydrogen-bond acceptors (Lipinski definition) is 21. The predicted octanol–water partition coefficient (Wildman–Crippen LogP) is -2.54. The second kappa shape index (κ2) is 22.2. The van der Waals surface area contributed by atoms with E-state index in [0.717, 1.165) is 29.0 Å². The van der Waals surface area contributed by atoms with E-state index < -0.39 is 103 Å². The molecular weight excluding hydrogens is 881 g/mol. The monoisotopic (exact) mass is 928 g/mol. The van der Waals surface area contributed by atoms with Crippen LogP contribution < -0.4 is 22.1 Å². The molecule has 5 unspecified atom stereocenters. The van der Waals surface area contributed by atoms with Gasteiger partial charge in [0.1, 0.15) is 42.3 Å². The summed E-state index contributed by atoms with van der Waals surface area (Å²) in [5.74, 6) is -2.27. The third kappa shape index (κ3) is 17.1. The van der Waals surface area contributed by atoms with Gasteiger partial charge in [-0.1, -0.05) is 25.6 Å². The molecule has 0 saturated carbocycles. The number of aliphatic carboxylic acids is 1. The van der Waals surface area contributed by atoms with Crippen molar-refractivity contribution < 1.29 is 95.5 Å². The highest BCUT2D eigenvalue weighted by molar-refractivity contribution is 8.13. The Kier molecular flexibility index (Phi) is 19.6. The highest BCUT2D eigenvalue weighted by atomic mass is 32.2. The van der Waals surface area contributed by atoms with Gasteiger partial charge in [0.25, 0.3) is 0 Å². The van der Waals surface area contributed by atoms with Gasteiger partial charge in [0.15, 0.2) is 22.8 Å². The van der Waals surface area contributed by atoms with Crippen LogP contribution in [-0.2, 0) is 55.5 Å². The quantitative estimate of drug-likeness (QED) is 0.0453. The number of aliphatic hydroxyl groups excluding tert-OH is 3. The zero-order valence-electron chi connectivity index (χ0n) is 31.6. The lowest BCUT2D eigenvalue weighted by atomic mass is 9.87. The second-order valence-electron chi connectivity index (χ2n) is 13.0. The number of thioether (sulfide) groups is 1. The molecule has 3 rings (SSSR count). The van der Waals surface area contributed by atoms with Gasteiger partial charge >= 0.3 is 29.4 Å². The topological polar surface area (TPSA) is 447 Å². The summed E-state index contributed by atoms with van der Waals surface area (Å²) in [5.41, 5.74) is 9.17. The van der Waals surface area contributed by atoms with Crippen LogP contribution in [0.4, 0.5) is 5.82 Å². The number of hydrogen-bond donors (Lipinski definition) is 12. The van der Waals surface area contributed by atoms with Crippen molar-refractivity contribution in [2.45, 2.75) is 76.9 Å². The van der Waals surface area contributed by atoms with Crippen LogP contribution in [0.1, 0.15) is 40.3 Å². The molecule has 1 fully saturated rings. The summed E-state index contributed by atoms with van der Waals surface area (Å²) < 4.78 is 61.8. The molecule has 0 aliphatic carbocycles. The summed E-state index contributed by atoms with van der Waals surface area (Å²) in [6.07, 6.45) is -7.86. The molecule has 2 amide bonds.